The van der Waals surface area contributed by atoms with Crippen molar-refractivity contribution in [2.24, 2.45) is 17.6 Å². The molecule has 1 aromatic carbocycles. The fourth-order valence-corrected chi connectivity index (χ4v) is 4.52. The van der Waals surface area contributed by atoms with Gasteiger partial charge in [-0.1, -0.05) is 30.3 Å². The van der Waals surface area contributed by atoms with Crippen LogP contribution in [0.4, 0.5) is 0 Å². The molecule has 2 aliphatic rings. The molecule has 1 aliphatic heterocycles. The van der Waals surface area contributed by atoms with E-state index in [9.17, 15) is 4.79 Å². The lowest BCUT2D eigenvalue weighted by Crippen LogP contribution is -2.43. The Kier molecular flexibility index (Phi) is 3.27. The van der Waals surface area contributed by atoms with Crippen LogP contribution in [0.3, 0.4) is 0 Å². The van der Waals surface area contributed by atoms with Crippen molar-refractivity contribution in [1.29, 1.82) is 0 Å². The maximum atomic E-state index is 13.0. The zero-order chi connectivity index (χ0) is 15.3. The lowest BCUT2D eigenvalue weighted by molar-refractivity contribution is 0.0708. The number of fused-ring (bicyclic) bond motifs is 1. The van der Waals surface area contributed by atoms with Crippen molar-refractivity contribution in [2.75, 3.05) is 13.1 Å². The molecule has 2 fully saturated rings. The molecule has 4 nitrogen and oxygen atoms in total. The van der Waals surface area contributed by atoms with Crippen LogP contribution in [0.2, 0.25) is 0 Å². The molecule has 2 aromatic rings. The summed E-state index contributed by atoms with van der Waals surface area (Å²) in [6, 6.07) is 10.2. The van der Waals surface area contributed by atoms with Gasteiger partial charge in [0.25, 0.3) is 5.91 Å². The molecule has 22 heavy (non-hydrogen) atoms. The smallest absolute Gasteiger partial charge is 0.274 e. The van der Waals surface area contributed by atoms with E-state index in [0.717, 1.165) is 22.0 Å². The molecule has 0 unspecified atom stereocenters. The van der Waals surface area contributed by atoms with Gasteiger partial charge in [0.05, 0.1) is 9.88 Å². The standard InChI is InChI=1S/C17H19N3OS/c1-10-19-15(16(22-10)11-5-3-2-4-6-11)17(21)20-9-12-7-13(12)14(20)8-18/h2-6,12-14H,7-9,18H2,1H3/t12-,13-,14-/m1/s1. The number of nitrogens with zero attached hydrogens (tertiary/aromatic N) is 2. The molecule has 1 aliphatic carbocycles. The molecule has 0 radical (unpaired) electrons. The van der Waals surface area contributed by atoms with Gasteiger partial charge in [-0.15, -0.1) is 11.3 Å². The molecule has 4 rings (SSSR count). The number of thiazole rings is 1. The number of carbonyl (C=O) groups excluding carboxylic acids is 1. The number of piperidine rings is 1. The first kappa shape index (κ1) is 13.9. The minimum atomic E-state index is 0.0471. The van der Waals surface area contributed by atoms with Crippen LogP contribution in [0.1, 0.15) is 21.9 Å². The first-order chi connectivity index (χ1) is 10.7. The molecule has 5 heteroatoms. The van der Waals surface area contributed by atoms with Crippen molar-refractivity contribution in [3.05, 3.63) is 41.0 Å². The maximum absolute atomic E-state index is 13.0. The van der Waals surface area contributed by atoms with E-state index in [2.05, 4.69) is 4.98 Å². The van der Waals surface area contributed by atoms with E-state index < -0.39 is 0 Å². The topological polar surface area (TPSA) is 59.2 Å². The second-order valence-corrected chi connectivity index (χ2v) is 7.40. The Morgan fingerprint density at radius 1 is 1.41 bits per heavy atom. The number of aromatic nitrogens is 1. The Balaban J connectivity index is 1.69. The first-order valence-electron chi connectivity index (χ1n) is 7.73. The van der Waals surface area contributed by atoms with Gasteiger partial charge in [-0.05, 0) is 30.7 Å². The second kappa shape index (κ2) is 5.18. The third-order valence-corrected chi connectivity index (χ3v) is 5.80. The molecule has 1 saturated heterocycles. The van der Waals surface area contributed by atoms with Crippen molar-refractivity contribution in [3.63, 3.8) is 0 Å². The molecule has 2 N–H and O–H groups in total. The van der Waals surface area contributed by atoms with Crippen LogP contribution in [0, 0.1) is 18.8 Å². The highest BCUT2D eigenvalue weighted by Gasteiger charge is 2.53. The highest BCUT2D eigenvalue weighted by Crippen LogP contribution is 2.49. The fourth-order valence-electron chi connectivity index (χ4n) is 3.60. The van der Waals surface area contributed by atoms with Gasteiger partial charge in [-0.3, -0.25) is 4.79 Å². The van der Waals surface area contributed by atoms with Gasteiger partial charge >= 0.3 is 0 Å². The fraction of sp³-hybridized carbons (Fsp3) is 0.412. The Labute approximate surface area is 134 Å². The summed E-state index contributed by atoms with van der Waals surface area (Å²) in [5, 5.41) is 0.927. The molecule has 0 spiro atoms. The van der Waals surface area contributed by atoms with Crippen molar-refractivity contribution >= 4 is 17.2 Å². The molecule has 3 atom stereocenters. The van der Waals surface area contributed by atoms with Gasteiger partial charge in [-0.25, -0.2) is 4.98 Å². The Bertz CT molecular complexity index is 712. The highest BCUT2D eigenvalue weighted by molar-refractivity contribution is 7.15. The zero-order valence-electron chi connectivity index (χ0n) is 12.5. The van der Waals surface area contributed by atoms with E-state index in [-0.39, 0.29) is 11.9 Å². The molecule has 0 bridgehead atoms. The van der Waals surface area contributed by atoms with E-state index in [0.29, 0.717) is 24.1 Å². The number of likely N-dealkylation sites (tertiary alicyclic amines) is 1. The van der Waals surface area contributed by atoms with Gasteiger partial charge in [-0.2, -0.15) is 0 Å². The molecular formula is C17H19N3OS. The van der Waals surface area contributed by atoms with E-state index in [1.54, 1.807) is 11.3 Å². The number of rotatable bonds is 3. The molecule has 1 amide bonds. The summed E-state index contributed by atoms with van der Waals surface area (Å²) in [6.07, 6.45) is 1.23. The summed E-state index contributed by atoms with van der Waals surface area (Å²) in [5.74, 6) is 1.33. The van der Waals surface area contributed by atoms with Crippen molar-refractivity contribution in [2.45, 2.75) is 19.4 Å². The van der Waals surface area contributed by atoms with Crippen LogP contribution >= 0.6 is 11.3 Å². The summed E-state index contributed by atoms with van der Waals surface area (Å²) in [4.78, 5) is 20.5. The summed E-state index contributed by atoms with van der Waals surface area (Å²) >= 11 is 1.59. The van der Waals surface area contributed by atoms with Crippen molar-refractivity contribution in [1.82, 2.24) is 9.88 Å². The van der Waals surface area contributed by atoms with Crippen LogP contribution in [-0.4, -0.2) is 34.9 Å². The number of hydrogen-bond acceptors (Lipinski definition) is 4. The summed E-state index contributed by atoms with van der Waals surface area (Å²) in [7, 11) is 0. The van der Waals surface area contributed by atoms with Gasteiger partial charge in [0.2, 0.25) is 0 Å². The Hall–Kier alpha value is -1.72. The Morgan fingerprint density at radius 3 is 2.91 bits per heavy atom. The Morgan fingerprint density at radius 2 is 2.18 bits per heavy atom. The lowest BCUT2D eigenvalue weighted by atomic mass is 10.1. The van der Waals surface area contributed by atoms with Crippen LogP contribution < -0.4 is 5.73 Å². The van der Waals surface area contributed by atoms with E-state index in [1.165, 1.54) is 6.42 Å². The van der Waals surface area contributed by atoms with Crippen molar-refractivity contribution in [3.8, 4) is 10.4 Å². The molecule has 1 aromatic heterocycles. The summed E-state index contributed by atoms with van der Waals surface area (Å²) in [6.45, 7) is 3.35. The van der Waals surface area contributed by atoms with Crippen molar-refractivity contribution < 1.29 is 4.79 Å². The normalized spacial score (nSPS) is 26.1. The molecule has 114 valence electrons. The van der Waals surface area contributed by atoms with Gasteiger partial charge < -0.3 is 10.6 Å². The zero-order valence-corrected chi connectivity index (χ0v) is 13.3. The summed E-state index contributed by atoms with van der Waals surface area (Å²) in [5.41, 5.74) is 7.55. The molecular weight excluding hydrogens is 294 g/mol. The second-order valence-electron chi connectivity index (χ2n) is 6.20. The van der Waals surface area contributed by atoms with Gasteiger partial charge in [0.1, 0.15) is 5.69 Å². The minimum absolute atomic E-state index is 0.0471. The summed E-state index contributed by atoms with van der Waals surface area (Å²) < 4.78 is 0. The predicted molar refractivity (Wildman–Crippen MR) is 87.8 cm³/mol. The SMILES string of the molecule is Cc1nc(C(=O)N2C[C@H]3C[C@H]3[C@H]2CN)c(-c2ccccc2)s1. The van der Waals surface area contributed by atoms with E-state index >= 15 is 0 Å². The predicted octanol–water partition coefficient (Wildman–Crippen LogP) is 2.54. The number of aryl methyl sites for hydroxylation is 1. The largest absolute Gasteiger partial charge is 0.332 e. The molecule has 1 saturated carbocycles. The first-order valence-corrected chi connectivity index (χ1v) is 8.54. The van der Waals surface area contributed by atoms with Crippen LogP contribution in [0.25, 0.3) is 10.4 Å². The van der Waals surface area contributed by atoms with Crippen LogP contribution in [0.15, 0.2) is 30.3 Å². The van der Waals surface area contributed by atoms with E-state index in [1.807, 2.05) is 42.2 Å². The third kappa shape index (κ3) is 2.16. The molecule has 2 heterocycles. The van der Waals surface area contributed by atoms with Crippen LogP contribution in [0.5, 0.6) is 0 Å². The number of amides is 1. The lowest BCUT2D eigenvalue weighted by Gasteiger charge is -2.26. The number of benzene rings is 1. The highest BCUT2D eigenvalue weighted by atomic mass is 32.1. The average molecular weight is 313 g/mol. The average Bonchev–Trinajstić information content (AvgIpc) is 3.04. The number of nitrogens with two attached hydrogens (primary N) is 1. The third-order valence-electron chi connectivity index (χ3n) is 4.78. The number of carbonyl (C=O) groups is 1. The van der Waals surface area contributed by atoms with Crippen LogP contribution in [-0.2, 0) is 0 Å². The monoisotopic (exact) mass is 313 g/mol. The minimum Gasteiger partial charge on any atom is -0.332 e. The van der Waals surface area contributed by atoms with E-state index in [4.69, 9.17) is 5.73 Å². The van der Waals surface area contributed by atoms with Gasteiger partial charge in [0, 0.05) is 19.1 Å². The quantitative estimate of drug-likeness (QED) is 0.947. The maximum Gasteiger partial charge on any atom is 0.274 e. The van der Waals surface area contributed by atoms with Gasteiger partial charge in [0.15, 0.2) is 0 Å². The number of hydrogen-bond donors (Lipinski definition) is 1.